The molecule has 0 rings (SSSR count). The van der Waals surface area contributed by atoms with E-state index in [1.165, 1.54) is 19.3 Å². The van der Waals surface area contributed by atoms with Crippen LogP contribution in [0.15, 0.2) is 0 Å². The maximum atomic E-state index is 9.02. The predicted molar refractivity (Wildman–Crippen MR) is 59.1 cm³/mol. The Labute approximate surface area is 87.5 Å². The van der Waals surface area contributed by atoms with Crippen molar-refractivity contribution in [1.29, 1.82) is 0 Å². The largest absolute Gasteiger partial charge is 0.393 e. The van der Waals surface area contributed by atoms with Crippen molar-refractivity contribution in [1.82, 2.24) is 5.32 Å². The lowest BCUT2D eigenvalue weighted by Gasteiger charge is -2.07. The number of nitrogens with one attached hydrogen (secondary N) is 1. The monoisotopic (exact) mass is 203 g/mol. The Morgan fingerprint density at radius 3 is 2.07 bits per heavy atom. The number of rotatable bonds is 9. The van der Waals surface area contributed by atoms with Crippen LogP contribution < -0.4 is 5.32 Å². The van der Waals surface area contributed by atoms with E-state index in [1.54, 1.807) is 6.92 Å². The molecule has 3 heteroatoms. The zero-order valence-corrected chi connectivity index (χ0v) is 9.50. The van der Waals surface area contributed by atoms with Gasteiger partial charge < -0.3 is 10.2 Å². The molecule has 3 N–H and O–H groups in total. The first kappa shape index (κ1) is 13.9. The zero-order chi connectivity index (χ0) is 10.8. The summed E-state index contributed by atoms with van der Waals surface area (Å²) in [6, 6.07) is 0. The molecular weight excluding hydrogens is 178 g/mol. The van der Waals surface area contributed by atoms with Crippen LogP contribution in [0.25, 0.3) is 0 Å². The molecule has 0 saturated carbocycles. The topological polar surface area (TPSA) is 52.5 Å². The maximum absolute atomic E-state index is 9.02. The Balaban J connectivity index is 2.92. The van der Waals surface area contributed by atoms with Crippen LogP contribution in [-0.2, 0) is 0 Å². The lowest BCUT2D eigenvalue weighted by Crippen LogP contribution is -2.26. The predicted octanol–water partition coefficient (Wildman–Crippen LogP) is 1.64. The van der Waals surface area contributed by atoms with Gasteiger partial charge in [-0.2, -0.15) is 0 Å². The number of hydrogen-bond acceptors (Lipinski definition) is 3. The van der Waals surface area contributed by atoms with E-state index in [9.17, 15) is 0 Å². The Morgan fingerprint density at radius 1 is 0.929 bits per heavy atom. The molecule has 86 valence electrons. The third-order valence-corrected chi connectivity index (χ3v) is 2.24. The van der Waals surface area contributed by atoms with E-state index in [1.807, 2.05) is 6.92 Å². The quantitative estimate of drug-likeness (QED) is 0.394. The fraction of sp³-hybridized carbons (Fsp3) is 1.00. The highest BCUT2D eigenvalue weighted by Crippen LogP contribution is 2.06. The number of unbranched alkanes of at least 4 members (excludes halogenated alkanes) is 4. The molecule has 0 unspecified atom stereocenters. The van der Waals surface area contributed by atoms with Gasteiger partial charge in [0.05, 0.1) is 6.10 Å². The molecular formula is C11H25NO2. The smallest absolute Gasteiger partial charge is 0.102 e. The third kappa shape index (κ3) is 11.9. The molecule has 0 aliphatic rings. The van der Waals surface area contributed by atoms with E-state index in [0.29, 0.717) is 0 Å². The van der Waals surface area contributed by atoms with Gasteiger partial charge in [-0.1, -0.05) is 25.7 Å². The first-order valence-electron chi connectivity index (χ1n) is 5.72. The third-order valence-electron chi connectivity index (χ3n) is 2.24. The minimum Gasteiger partial charge on any atom is -0.393 e. The van der Waals surface area contributed by atoms with Crippen molar-refractivity contribution < 1.29 is 10.2 Å². The average molecular weight is 203 g/mol. The molecule has 0 aromatic rings. The summed E-state index contributed by atoms with van der Waals surface area (Å²) in [4.78, 5) is 0. The highest BCUT2D eigenvalue weighted by atomic mass is 16.3. The highest BCUT2D eigenvalue weighted by Gasteiger charge is 1.96. The van der Waals surface area contributed by atoms with E-state index in [4.69, 9.17) is 10.2 Å². The lowest BCUT2D eigenvalue weighted by molar-refractivity contribution is 0.156. The molecule has 0 fully saturated rings. The second kappa shape index (κ2) is 9.44. The van der Waals surface area contributed by atoms with E-state index < -0.39 is 0 Å². The summed E-state index contributed by atoms with van der Waals surface area (Å²) in [5.74, 6) is 0. The minimum atomic E-state index is -0.384. The summed E-state index contributed by atoms with van der Waals surface area (Å²) in [6.45, 7) is 4.48. The van der Waals surface area contributed by atoms with Gasteiger partial charge in [-0.15, -0.1) is 0 Å². The van der Waals surface area contributed by atoms with E-state index in [2.05, 4.69) is 5.32 Å². The average Bonchev–Trinajstić information content (AvgIpc) is 2.08. The van der Waals surface area contributed by atoms with Crippen molar-refractivity contribution in [2.75, 3.05) is 6.54 Å². The standard InChI is InChI=1S/C11H25NO2/c1-10(13)8-6-4-3-5-7-9-12-11(2)14/h10-14H,3-9H2,1-2H3/t10-,11-/m1/s1. The molecule has 0 radical (unpaired) electrons. The molecule has 0 aliphatic heterocycles. The van der Waals surface area contributed by atoms with E-state index in [-0.39, 0.29) is 12.3 Å². The normalized spacial score (nSPS) is 15.4. The summed E-state index contributed by atoms with van der Waals surface area (Å²) >= 11 is 0. The SMILES string of the molecule is C[C@@H](O)CCCCCCCN[C@@H](C)O. The van der Waals surface area contributed by atoms with Gasteiger partial charge in [0.1, 0.15) is 6.23 Å². The summed E-state index contributed by atoms with van der Waals surface area (Å²) in [7, 11) is 0. The minimum absolute atomic E-state index is 0.146. The lowest BCUT2D eigenvalue weighted by atomic mass is 10.1. The van der Waals surface area contributed by atoms with Crippen molar-refractivity contribution in [3.8, 4) is 0 Å². The Kier molecular flexibility index (Phi) is 9.35. The van der Waals surface area contributed by atoms with Crippen LogP contribution in [-0.4, -0.2) is 29.1 Å². The molecule has 0 saturated heterocycles. The van der Waals surface area contributed by atoms with Gasteiger partial charge in [0.2, 0.25) is 0 Å². The molecule has 0 aliphatic carbocycles. The first-order valence-corrected chi connectivity index (χ1v) is 5.72. The number of aliphatic hydroxyl groups is 2. The molecule has 2 atom stereocenters. The van der Waals surface area contributed by atoms with Crippen LogP contribution in [0.1, 0.15) is 52.4 Å². The molecule has 3 nitrogen and oxygen atoms in total. The van der Waals surface area contributed by atoms with E-state index >= 15 is 0 Å². The molecule has 0 aromatic heterocycles. The van der Waals surface area contributed by atoms with Gasteiger partial charge in [-0.3, -0.25) is 5.32 Å². The zero-order valence-electron chi connectivity index (χ0n) is 9.50. The van der Waals surface area contributed by atoms with Crippen molar-refractivity contribution in [3.63, 3.8) is 0 Å². The molecule has 0 aromatic carbocycles. The van der Waals surface area contributed by atoms with Gasteiger partial charge in [-0.05, 0) is 33.2 Å². The van der Waals surface area contributed by atoms with Gasteiger partial charge in [0.15, 0.2) is 0 Å². The Morgan fingerprint density at radius 2 is 1.50 bits per heavy atom. The van der Waals surface area contributed by atoms with Crippen LogP contribution >= 0.6 is 0 Å². The van der Waals surface area contributed by atoms with Crippen molar-refractivity contribution >= 4 is 0 Å². The second-order valence-corrected chi connectivity index (χ2v) is 4.04. The van der Waals surface area contributed by atoms with Crippen molar-refractivity contribution in [2.45, 2.75) is 64.7 Å². The fourth-order valence-corrected chi connectivity index (χ4v) is 1.41. The van der Waals surface area contributed by atoms with Crippen LogP contribution in [0, 0.1) is 0 Å². The number of aliphatic hydroxyl groups excluding tert-OH is 2. The van der Waals surface area contributed by atoms with E-state index in [0.717, 1.165) is 25.8 Å². The Bertz CT molecular complexity index is 102. The van der Waals surface area contributed by atoms with Gasteiger partial charge >= 0.3 is 0 Å². The molecule has 0 heterocycles. The second-order valence-electron chi connectivity index (χ2n) is 4.04. The molecule has 0 spiro atoms. The van der Waals surface area contributed by atoms with Crippen molar-refractivity contribution in [2.24, 2.45) is 0 Å². The highest BCUT2D eigenvalue weighted by molar-refractivity contribution is 4.51. The number of hydrogen-bond donors (Lipinski definition) is 3. The van der Waals surface area contributed by atoms with Gasteiger partial charge in [0.25, 0.3) is 0 Å². The summed E-state index contributed by atoms with van der Waals surface area (Å²) < 4.78 is 0. The van der Waals surface area contributed by atoms with Gasteiger partial charge in [-0.25, -0.2) is 0 Å². The molecule has 0 bridgehead atoms. The fourth-order valence-electron chi connectivity index (χ4n) is 1.41. The van der Waals surface area contributed by atoms with Crippen LogP contribution in [0.5, 0.6) is 0 Å². The first-order chi connectivity index (χ1) is 6.63. The van der Waals surface area contributed by atoms with Crippen molar-refractivity contribution in [3.05, 3.63) is 0 Å². The maximum Gasteiger partial charge on any atom is 0.102 e. The summed E-state index contributed by atoms with van der Waals surface area (Å²) in [6.07, 6.45) is 6.29. The Hall–Kier alpha value is -0.120. The van der Waals surface area contributed by atoms with Crippen LogP contribution in [0.2, 0.25) is 0 Å². The van der Waals surface area contributed by atoms with Crippen LogP contribution in [0.4, 0.5) is 0 Å². The summed E-state index contributed by atoms with van der Waals surface area (Å²) in [5, 5.41) is 20.9. The molecule has 14 heavy (non-hydrogen) atoms. The van der Waals surface area contributed by atoms with Crippen LogP contribution in [0.3, 0.4) is 0 Å². The summed E-state index contributed by atoms with van der Waals surface area (Å²) in [5.41, 5.74) is 0. The molecule has 0 amide bonds. The van der Waals surface area contributed by atoms with Gasteiger partial charge in [0, 0.05) is 0 Å².